The van der Waals surface area contributed by atoms with E-state index in [1.807, 2.05) is 18.2 Å². The van der Waals surface area contributed by atoms with Crippen molar-refractivity contribution in [3.8, 4) is 5.06 Å². The van der Waals surface area contributed by atoms with E-state index in [0.29, 0.717) is 15.5 Å². The lowest BCUT2D eigenvalue weighted by Gasteiger charge is -2.08. The van der Waals surface area contributed by atoms with Crippen LogP contribution >= 0.6 is 11.3 Å². The summed E-state index contributed by atoms with van der Waals surface area (Å²) in [5.41, 5.74) is -0.928. The van der Waals surface area contributed by atoms with E-state index in [1.165, 1.54) is 0 Å². The van der Waals surface area contributed by atoms with E-state index >= 15 is 0 Å². The topological polar surface area (TPSA) is 92.7 Å². The Hall–Kier alpha value is -2.93. The Labute approximate surface area is 146 Å². The smallest absolute Gasteiger partial charge is 0.325 e. The molecule has 0 spiro atoms. The van der Waals surface area contributed by atoms with Gasteiger partial charge in [0.25, 0.3) is 5.91 Å². The van der Waals surface area contributed by atoms with Crippen molar-refractivity contribution in [2.24, 2.45) is 0 Å². The van der Waals surface area contributed by atoms with Crippen LogP contribution in [0.2, 0.25) is 0 Å². The number of aromatic hydroxyl groups is 1. The van der Waals surface area contributed by atoms with Gasteiger partial charge in [-0.05, 0) is 23.8 Å². The fourth-order valence-corrected chi connectivity index (χ4v) is 3.54. The average Bonchev–Trinajstić information content (AvgIpc) is 2.59. The molecule has 1 amide bonds. The van der Waals surface area contributed by atoms with Crippen LogP contribution in [0.5, 0.6) is 5.06 Å². The molecule has 3 rings (SSSR count). The Morgan fingerprint density at radius 1 is 1.20 bits per heavy atom. The average molecular weight is 357 g/mol. The van der Waals surface area contributed by atoms with E-state index < -0.39 is 17.3 Å². The number of esters is 1. The molecule has 0 aliphatic carbocycles. The number of carbonyl (C=O) groups is 2. The highest BCUT2D eigenvalue weighted by atomic mass is 32.1. The Kier molecular flexibility index (Phi) is 4.67. The first-order chi connectivity index (χ1) is 12.0. The van der Waals surface area contributed by atoms with Crippen molar-refractivity contribution in [1.82, 2.24) is 5.32 Å². The molecule has 0 saturated heterocycles. The molecular formula is C18H15NO5S. The molecule has 0 bridgehead atoms. The lowest BCUT2D eigenvalue weighted by atomic mass is 10.1. The Morgan fingerprint density at radius 3 is 2.72 bits per heavy atom. The molecule has 7 heteroatoms. The molecule has 0 radical (unpaired) electrons. The van der Waals surface area contributed by atoms with E-state index in [1.54, 1.807) is 25.1 Å². The second kappa shape index (κ2) is 6.90. The zero-order valence-corrected chi connectivity index (χ0v) is 14.2. The summed E-state index contributed by atoms with van der Waals surface area (Å²) in [4.78, 5) is 36.5. The lowest BCUT2D eigenvalue weighted by Crippen LogP contribution is -2.33. The number of hydrogen-bond donors (Lipinski definition) is 2. The second-order valence-corrected chi connectivity index (χ2v) is 6.29. The number of fused-ring (bicyclic) bond motifs is 3. The third-order valence-corrected chi connectivity index (χ3v) is 4.65. The monoisotopic (exact) mass is 357 g/mol. The van der Waals surface area contributed by atoms with Gasteiger partial charge in [0, 0.05) is 10.1 Å². The number of hydrogen-bond acceptors (Lipinski definition) is 6. The number of ether oxygens (including phenoxy) is 1. The predicted molar refractivity (Wildman–Crippen MR) is 96.2 cm³/mol. The number of rotatable bonds is 4. The SMILES string of the molecule is CCOC(=O)CNC(=O)c1c(O)sc2ccc3ccccc3c2c1=O. The van der Waals surface area contributed by atoms with Crippen LogP contribution in [0.3, 0.4) is 0 Å². The molecule has 6 nitrogen and oxygen atoms in total. The Morgan fingerprint density at radius 2 is 1.96 bits per heavy atom. The van der Waals surface area contributed by atoms with Gasteiger partial charge in [-0.15, -0.1) is 0 Å². The summed E-state index contributed by atoms with van der Waals surface area (Å²) < 4.78 is 5.31. The van der Waals surface area contributed by atoms with Crippen molar-refractivity contribution in [2.45, 2.75) is 6.92 Å². The van der Waals surface area contributed by atoms with Crippen molar-refractivity contribution < 1.29 is 19.4 Å². The number of nitrogens with one attached hydrogen (secondary N) is 1. The van der Waals surface area contributed by atoms with Gasteiger partial charge in [-0.25, -0.2) is 0 Å². The van der Waals surface area contributed by atoms with Crippen molar-refractivity contribution >= 4 is 44.1 Å². The van der Waals surface area contributed by atoms with Gasteiger partial charge in [0.05, 0.1) is 6.61 Å². The lowest BCUT2D eigenvalue weighted by molar-refractivity contribution is -0.141. The van der Waals surface area contributed by atoms with Crippen LogP contribution in [0.15, 0.2) is 41.2 Å². The maximum atomic E-state index is 12.8. The molecule has 0 aliphatic rings. The third-order valence-electron chi connectivity index (χ3n) is 3.69. The maximum Gasteiger partial charge on any atom is 0.325 e. The van der Waals surface area contributed by atoms with E-state index in [-0.39, 0.29) is 23.8 Å². The largest absolute Gasteiger partial charge is 0.499 e. The van der Waals surface area contributed by atoms with Crippen molar-refractivity contribution in [1.29, 1.82) is 0 Å². The van der Waals surface area contributed by atoms with Crippen LogP contribution in [0, 0.1) is 0 Å². The van der Waals surface area contributed by atoms with Crippen molar-refractivity contribution in [3.05, 3.63) is 52.2 Å². The highest BCUT2D eigenvalue weighted by molar-refractivity contribution is 7.20. The van der Waals surface area contributed by atoms with E-state index in [0.717, 1.165) is 16.7 Å². The molecule has 25 heavy (non-hydrogen) atoms. The van der Waals surface area contributed by atoms with E-state index in [2.05, 4.69) is 5.32 Å². The Balaban J connectivity index is 2.09. The first-order valence-corrected chi connectivity index (χ1v) is 8.46. The quantitative estimate of drug-likeness (QED) is 0.552. The highest BCUT2D eigenvalue weighted by Gasteiger charge is 2.21. The van der Waals surface area contributed by atoms with Gasteiger partial charge in [0.15, 0.2) is 5.06 Å². The summed E-state index contributed by atoms with van der Waals surface area (Å²) in [6.07, 6.45) is 0. The Bertz CT molecular complexity index is 1040. The number of amides is 1. The molecule has 0 unspecified atom stereocenters. The molecular weight excluding hydrogens is 342 g/mol. The molecule has 0 fully saturated rings. The van der Waals surface area contributed by atoms with Crippen LogP contribution < -0.4 is 10.7 Å². The van der Waals surface area contributed by atoms with Crippen LogP contribution in [0.4, 0.5) is 0 Å². The second-order valence-electron chi connectivity index (χ2n) is 5.26. The molecule has 1 aromatic heterocycles. The summed E-state index contributed by atoms with van der Waals surface area (Å²) in [6.45, 7) is 1.47. The predicted octanol–water partition coefficient (Wildman–Crippen LogP) is 2.41. The van der Waals surface area contributed by atoms with Crippen molar-refractivity contribution in [3.63, 3.8) is 0 Å². The van der Waals surface area contributed by atoms with Gasteiger partial charge in [-0.1, -0.05) is 41.7 Å². The highest BCUT2D eigenvalue weighted by Crippen LogP contribution is 2.31. The minimum absolute atomic E-state index is 0.191. The maximum absolute atomic E-state index is 12.8. The summed E-state index contributed by atoms with van der Waals surface area (Å²) in [5, 5.41) is 14.0. The van der Waals surface area contributed by atoms with Crippen LogP contribution in [-0.4, -0.2) is 30.1 Å². The van der Waals surface area contributed by atoms with Crippen molar-refractivity contribution in [2.75, 3.05) is 13.2 Å². The zero-order chi connectivity index (χ0) is 18.0. The number of benzene rings is 2. The molecule has 128 valence electrons. The summed E-state index contributed by atoms with van der Waals surface area (Å²) in [5.74, 6) is -1.42. The van der Waals surface area contributed by atoms with Gasteiger partial charge in [-0.3, -0.25) is 14.4 Å². The van der Waals surface area contributed by atoms with Gasteiger partial charge < -0.3 is 15.2 Å². The first kappa shape index (κ1) is 16.9. The summed E-state index contributed by atoms with van der Waals surface area (Å²) in [7, 11) is 0. The minimum atomic E-state index is -0.804. The standard InChI is InChI=1S/C18H15NO5S/c1-2-24-13(20)9-19-17(22)15-16(21)14-11-6-4-3-5-10(11)7-8-12(14)25-18(15)23/h3-8,23H,2,9H2,1H3,(H,19,22). The van der Waals surface area contributed by atoms with Gasteiger partial charge >= 0.3 is 5.97 Å². The molecule has 0 aliphatic heterocycles. The van der Waals surface area contributed by atoms with Gasteiger partial charge in [-0.2, -0.15) is 0 Å². The summed E-state index contributed by atoms with van der Waals surface area (Å²) >= 11 is 0.949. The fourth-order valence-electron chi connectivity index (χ4n) is 2.60. The van der Waals surface area contributed by atoms with Crippen LogP contribution in [0.1, 0.15) is 17.3 Å². The zero-order valence-electron chi connectivity index (χ0n) is 13.4. The van der Waals surface area contributed by atoms with E-state index in [4.69, 9.17) is 4.74 Å². The minimum Gasteiger partial charge on any atom is -0.499 e. The fraction of sp³-hybridized carbons (Fsp3) is 0.167. The molecule has 2 aromatic carbocycles. The van der Waals surface area contributed by atoms with Crippen LogP contribution in [0.25, 0.3) is 20.9 Å². The van der Waals surface area contributed by atoms with Crippen LogP contribution in [-0.2, 0) is 9.53 Å². The molecule has 3 aromatic rings. The molecule has 0 saturated carbocycles. The third kappa shape index (κ3) is 3.18. The normalized spacial score (nSPS) is 10.8. The van der Waals surface area contributed by atoms with Gasteiger partial charge in [0.2, 0.25) is 5.43 Å². The number of carbonyl (C=O) groups excluding carboxylic acids is 2. The first-order valence-electron chi connectivity index (χ1n) is 7.64. The molecule has 1 heterocycles. The molecule has 2 N–H and O–H groups in total. The van der Waals surface area contributed by atoms with E-state index in [9.17, 15) is 19.5 Å². The molecule has 0 atom stereocenters. The summed E-state index contributed by atoms with van der Waals surface area (Å²) in [6, 6.07) is 10.9. The van der Waals surface area contributed by atoms with Gasteiger partial charge in [0.1, 0.15) is 12.1 Å².